The van der Waals surface area contributed by atoms with Gasteiger partial charge in [-0.15, -0.1) is 0 Å². The minimum Gasteiger partial charge on any atom is -0.387 e. The van der Waals surface area contributed by atoms with E-state index in [-0.39, 0.29) is 11.1 Å². The lowest BCUT2D eigenvalue weighted by Gasteiger charge is -2.26. The van der Waals surface area contributed by atoms with Crippen LogP contribution in [0.5, 0.6) is 0 Å². The van der Waals surface area contributed by atoms with E-state index in [4.69, 9.17) is 0 Å². The van der Waals surface area contributed by atoms with Crippen molar-refractivity contribution in [3.63, 3.8) is 0 Å². The van der Waals surface area contributed by atoms with Gasteiger partial charge in [-0.3, -0.25) is 0 Å². The maximum atomic E-state index is 12.7. The number of halogens is 1. The number of aliphatic hydroxyl groups is 1. The van der Waals surface area contributed by atoms with Crippen molar-refractivity contribution in [1.82, 2.24) is 0 Å². The smallest absolute Gasteiger partial charge is 0.123 e. The van der Waals surface area contributed by atoms with E-state index in [0.717, 1.165) is 17.7 Å². The number of rotatable bonds is 2. The molecule has 1 heterocycles. The van der Waals surface area contributed by atoms with Crippen LogP contribution < -0.4 is 0 Å². The minimum absolute atomic E-state index is 0.248. The molecule has 0 saturated carbocycles. The van der Waals surface area contributed by atoms with Gasteiger partial charge in [0.2, 0.25) is 0 Å². The molecule has 0 bridgehead atoms. The molecule has 82 valence electrons. The van der Waals surface area contributed by atoms with Gasteiger partial charge in [-0.2, -0.15) is 11.8 Å². The molecule has 1 aromatic carbocycles. The van der Waals surface area contributed by atoms with Crippen molar-refractivity contribution in [3.05, 3.63) is 35.6 Å². The van der Waals surface area contributed by atoms with Crippen LogP contribution in [0.15, 0.2) is 24.3 Å². The standard InChI is InChI=1S/C12H15FOS/c13-10-6-4-9(5-7-10)12(14)11-3-1-2-8-15-11/h4-7,11-12,14H,1-3,8H2. The molecule has 1 aliphatic heterocycles. The second kappa shape index (κ2) is 4.99. The third-order valence-corrected chi connectivity index (χ3v) is 4.22. The molecule has 0 spiro atoms. The second-order valence-corrected chi connectivity index (χ2v) is 5.25. The zero-order valence-electron chi connectivity index (χ0n) is 8.53. The normalized spacial score (nSPS) is 23.7. The van der Waals surface area contributed by atoms with Crippen LogP contribution >= 0.6 is 11.8 Å². The largest absolute Gasteiger partial charge is 0.387 e. The quantitative estimate of drug-likeness (QED) is 0.836. The molecule has 2 atom stereocenters. The highest BCUT2D eigenvalue weighted by atomic mass is 32.2. The van der Waals surface area contributed by atoms with Gasteiger partial charge in [0.25, 0.3) is 0 Å². The number of hydrogen-bond donors (Lipinski definition) is 1. The van der Waals surface area contributed by atoms with Gasteiger partial charge in [0, 0.05) is 5.25 Å². The molecule has 1 fully saturated rings. The summed E-state index contributed by atoms with van der Waals surface area (Å²) in [6, 6.07) is 6.17. The Morgan fingerprint density at radius 3 is 2.60 bits per heavy atom. The Labute approximate surface area is 93.7 Å². The Bertz CT molecular complexity index is 306. The molecule has 1 nitrogen and oxygen atoms in total. The zero-order chi connectivity index (χ0) is 10.7. The summed E-state index contributed by atoms with van der Waals surface area (Å²) in [6.45, 7) is 0. The van der Waals surface area contributed by atoms with Crippen molar-refractivity contribution in [2.75, 3.05) is 5.75 Å². The Kier molecular flexibility index (Phi) is 3.65. The molecular formula is C12H15FOS. The number of aliphatic hydroxyl groups excluding tert-OH is 1. The van der Waals surface area contributed by atoms with E-state index >= 15 is 0 Å². The van der Waals surface area contributed by atoms with Gasteiger partial charge in [0.1, 0.15) is 5.82 Å². The summed E-state index contributed by atoms with van der Waals surface area (Å²) in [6.07, 6.45) is 3.05. The molecule has 0 aliphatic carbocycles. The zero-order valence-corrected chi connectivity index (χ0v) is 9.34. The van der Waals surface area contributed by atoms with Crippen LogP contribution in [0.2, 0.25) is 0 Å². The van der Waals surface area contributed by atoms with E-state index in [9.17, 15) is 9.50 Å². The molecule has 0 amide bonds. The maximum Gasteiger partial charge on any atom is 0.123 e. The molecule has 2 rings (SSSR count). The maximum absolute atomic E-state index is 12.7. The van der Waals surface area contributed by atoms with Crippen LogP contribution in [0.3, 0.4) is 0 Å². The Hall–Kier alpha value is -0.540. The highest BCUT2D eigenvalue weighted by Crippen LogP contribution is 2.34. The molecule has 1 N–H and O–H groups in total. The first-order chi connectivity index (χ1) is 7.27. The average molecular weight is 226 g/mol. The lowest BCUT2D eigenvalue weighted by molar-refractivity contribution is 0.168. The Morgan fingerprint density at radius 2 is 2.00 bits per heavy atom. The van der Waals surface area contributed by atoms with Crippen LogP contribution in [0, 0.1) is 5.82 Å². The lowest BCUT2D eigenvalue weighted by atomic mass is 10.0. The fourth-order valence-corrected chi connectivity index (χ4v) is 3.24. The monoisotopic (exact) mass is 226 g/mol. The van der Waals surface area contributed by atoms with Gasteiger partial charge in [-0.25, -0.2) is 4.39 Å². The Morgan fingerprint density at radius 1 is 1.27 bits per heavy atom. The molecule has 1 aliphatic rings. The van der Waals surface area contributed by atoms with Crippen LogP contribution in [0.25, 0.3) is 0 Å². The number of hydrogen-bond acceptors (Lipinski definition) is 2. The van der Waals surface area contributed by atoms with Crippen LogP contribution in [0.4, 0.5) is 4.39 Å². The predicted molar refractivity (Wildman–Crippen MR) is 61.5 cm³/mol. The second-order valence-electron chi connectivity index (χ2n) is 3.90. The first-order valence-corrected chi connectivity index (χ1v) is 6.37. The lowest BCUT2D eigenvalue weighted by Crippen LogP contribution is -2.18. The van der Waals surface area contributed by atoms with Crippen molar-refractivity contribution in [2.24, 2.45) is 0 Å². The third kappa shape index (κ3) is 2.73. The highest BCUT2D eigenvalue weighted by molar-refractivity contribution is 7.99. The van der Waals surface area contributed by atoms with Crippen molar-refractivity contribution in [2.45, 2.75) is 30.6 Å². The fourth-order valence-electron chi connectivity index (χ4n) is 1.89. The van der Waals surface area contributed by atoms with E-state index in [1.807, 2.05) is 11.8 Å². The minimum atomic E-state index is -0.448. The first kappa shape index (κ1) is 11.0. The first-order valence-electron chi connectivity index (χ1n) is 5.32. The fraction of sp³-hybridized carbons (Fsp3) is 0.500. The van der Waals surface area contributed by atoms with Gasteiger partial charge in [-0.1, -0.05) is 18.6 Å². The summed E-state index contributed by atoms with van der Waals surface area (Å²) >= 11 is 1.83. The highest BCUT2D eigenvalue weighted by Gasteiger charge is 2.23. The van der Waals surface area contributed by atoms with Gasteiger partial charge in [0.05, 0.1) is 6.10 Å². The van der Waals surface area contributed by atoms with Gasteiger partial charge < -0.3 is 5.11 Å². The molecule has 1 aromatic rings. The van der Waals surface area contributed by atoms with Gasteiger partial charge >= 0.3 is 0 Å². The number of benzene rings is 1. The van der Waals surface area contributed by atoms with E-state index in [0.29, 0.717) is 0 Å². The van der Waals surface area contributed by atoms with Crippen molar-refractivity contribution in [1.29, 1.82) is 0 Å². The van der Waals surface area contributed by atoms with E-state index < -0.39 is 6.10 Å². The van der Waals surface area contributed by atoms with Gasteiger partial charge in [0.15, 0.2) is 0 Å². The molecule has 0 aromatic heterocycles. The third-order valence-electron chi connectivity index (χ3n) is 2.78. The van der Waals surface area contributed by atoms with Crippen LogP contribution in [-0.2, 0) is 0 Å². The van der Waals surface area contributed by atoms with E-state index in [2.05, 4.69) is 0 Å². The summed E-state index contributed by atoms with van der Waals surface area (Å²) in [7, 11) is 0. The SMILES string of the molecule is OC(c1ccc(F)cc1)C1CCCCS1. The van der Waals surface area contributed by atoms with Crippen molar-refractivity contribution in [3.8, 4) is 0 Å². The summed E-state index contributed by atoms with van der Waals surface area (Å²) < 4.78 is 12.7. The van der Waals surface area contributed by atoms with Crippen molar-refractivity contribution >= 4 is 11.8 Å². The summed E-state index contributed by atoms with van der Waals surface area (Å²) in [5.41, 5.74) is 0.829. The number of thioether (sulfide) groups is 1. The summed E-state index contributed by atoms with van der Waals surface area (Å²) in [4.78, 5) is 0. The topological polar surface area (TPSA) is 20.2 Å². The van der Waals surface area contributed by atoms with Crippen molar-refractivity contribution < 1.29 is 9.50 Å². The molecule has 3 heteroatoms. The summed E-state index contributed by atoms with van der Waals surface area (Å²) in [5, 5.41) is 10.4. The predicted octanol–water partition coefficient (Wildman–Crippen LogP) is 3.14. The van der Waals surface area contributed by atoms with E-state index in [1.54, 1.807) is 12.1 Å². The molecular weight excluding hydrogens is 211 g/mol. The Balaban J connectivity index is 2.05. The average Bonchev–Trinajstić information content (AvgIpc) is 2.30. The van der Waals surface area contributed by atoms with Crippen LogP contribution in [-0.4, -0.2) is 16.1 Å². The molecule has 2 unspecified atom stereocenters. The summed E-state index contributed by atoms with van der Waals surface area (Å²) in [5.74, 6) is 0.880. The van der Waals surface area contributed by atoms with Crippen LogP contribution in [0.1, 0.15) is 30.9 Å². The molecule has 15 heavy (non-hydrogen) atoms. The van der Waals surface area contributed by atoms with E-state index in [1.165, 1.54) is 25.0 Å². The molecule has 0 radical (unpaired) electrons. The van der Waals surface area contributed by atoms with Gasteiger partial charge in [-0.05, 0) is 36.3 Å². The molecule has 1 saturated heterocycles.